The maximum Gasteiger partial charge on any atom is 0.261 e. The highest BCUT2D eigenvalue weighted by Gasteiger charge is 2.29. The number of rotatable bonds is 10. The molecule has 0 spiro atoms. The van der Waals surface area contributed by atoms with Crippen molar-refractivity contribution in [2.24, 2.45) is 0 Å². The summed E-state index contributed by atoms with van der Waals surface area (Å²) in [5.41, 5.74) is 4.40. The average Bonchev–Trinajstić information content (AvgIpc) is 2.75. The Labute approximate surface area is 186 Å². The van der Waals surface area contributed by atoms with Gasteiger partial charge in [0.2, 0.25) is 5.91 Å². The van der Waals surface area contributed by atoms with E-state index in [0.29, 0.717) is 18.7 Å². The summed E-state index contributed by atoms with van der Waals surface area (Å²) in [7, 11) is 0. The smallest absolute Gasteiger partial charge is 0.261 e. The lowest BCUT2D eigenvalue weighted by molar-refractivity contribution is -0.143. The molecule has 0 heterocycles. The maximum absolute atomic E-state index is 13.3. The van der Waals surface area contributed by atoms with Crippen LogP contribution in [0.4, 0.5) is 0 Å². The second-order valence-corrected chi connectivity index (χ2v) is 8.22. The van der Waals surface area contributed by atoms with Crippen molar-refractivity contribution >= 4 is 11.8 Å². The van der Waals surface area contributed by atoms with Crippen molar-refractivity contribution in [1.29, 1.82) is 0 Å². The fraction of sp³-hybridized carbons (Fsp3) is 0.462. The Hall–Kier alpha value is -2.82. The summed E-state index contributed by atoms with van der Waals surface area (Å²) in [5, 5.41) is 3.03. The molecule has 2 aromatic carbocycles. The summed E-state index contributed by atoms with van der Waals surface area (Å²) in [4.78, 5) is 27.9. The topological polar surface area (TPSA) is 58.6 Å². The van der Waals surface area contributed by atoms with Crippen molar-refractivity contribution in [2.45, 2.75) is 73.0 Å². The van der Waals surface area contributed by atoms with E-state index in [1.165, 1.54) is 5.56 Å². The molecule has 0 radical (unpaired) electrons. The molecule has 0 saturated carbocycles. The molecule has 0 fully saturated rings. The standard InChI is InChI=1S/C26H36N2O3/c1-7-21(6)27-26(30)24(8-2)28(16-22-12-10-9-11-19(22)4)25(29)17-31-23-14-13-18(3)20(5)15-23/h9-15,21,24H,7-8,16-17H2,1-6H3,(H,27,30)/t21-,24-/m1/s1. The van der Waals surface area contributed by atoms with E-state index < -0.39 is 6.04 Å². The second-order valence-electron chi connectivity index (χ2n) is 8.22. The maximum atomic E-state index is 13.3. The molecule has 0 unspecified atom stereocenters. The zero-order valence-electron chi connectivity index (χ0n) is 19.7. The normalized spacial score (nSPS) is 12.7. The van der Waals surface area contributed by atoms with E-state index in [-0.39, 0.29) is 24.5 Å². The van der Waals surface area contributed by atoms with Crippen molar-refractivity contribution in [2.75, 3.05) is 6.61 Å². The van der Waals surface area contributed by atoms with Gasteiger partial charge < -0.3 is 15.0 Å². The van der Waals surface area contributed by atoms with Gasteiger partial charge in [-0.15, -0.1) is 0 Å². The van der Waals surface area contributed by atoms with E-state index in [4.69, 9.17) is 4.74 Å². The molecule has 5 nitrogen and oxygen atoms in total. The Morgan fingerprint density at radius 1 is 0.968 bits per heavy atom. The number of ether oxygens (including phenoxy) is 1. The van der Waals surface area contributed by atoms with E-state index >= 15 is 0 Å². The van der Waals surface area contributed by atoms with Gasteiger partial charge in [0.1, 0.15) is 11.8 Å². The van der Waals surface area contributed by atoms with Crippen LogP contribution in [0.15, 0.2) is 42.5 Å². The number of amides is 2. The minimum Gasteiger partial charge on any atom is -0.484 e. The van der Waals surface area contributed by atoms with Gasteiger partial charge >= 0.3 is 0 Å². The van der Waals surface area contributed by atoms with E-state index in [9.17, 15) is 9.59 Å². The summed E-state index contributed by atoms with van der Waals surface area (Å²) in [5.74, 6) is 0.335. The Morgan fingerprint density at radius 3 is 2.29 bits per heavy atom. The fourth-order valence-corrected chi connectivity index (χ4v) is 3.36. The quantitative estimate of drug-likeness (QED) is 0.601. The molecule has 0 saturated heterocycles. The minimum absolute atomic E-state index is 0.0590. The second kappa shape index (κ2) is 11.5. The molecule has 0 bridgehead atoms. The molecular formula is C26H36N2O3. The zero-order chi connectivity index (χ0) is 23.0. The Bertz CT molecular complexity index is 894. The van der Waals surface area contributed by atoms with Gasteiger partial charge in [0.25, 0.3) is 5.91 Å². The number of nitrogens with zero attached hydrogens (tertiary/aromatic N) is 1. The first kappa shape index (κ1) is 24.4. The first-order valence-electron chi connectivity index (χ1n) is 11.1. The highest BCUT2D eigenvalue weighted by molar-refractivity contribution is 5.88. The summed E-state index contributed by atoms with van der Waals surface area (Å²) in [6, 6.07) is 13.2. The molecule has 5 heteroatoms. The minimum atomic E-state index is -0.551. The molecule has 0 aliphatic rings. The van der Waals surface area contributed by atoms with Gasteiger partial charge in [-0.3, -0.25) is 9.59 Å². The number of benzene rings is 2. The number of carbonyl (C=O) groups is 2. The number of aryl methyl sites for hydroxylation is 3. The average molecular weight is 425 g/mol. The van der Waals surface area contributed by atoms with E-state index in [1.807, 2.05) is 84.0 Å². The molecule has 0 aliphatic carbocycles. The Morgan fingerprint density at radius 2 is 1.68 bits per heavy atom. The van der Waals surface area contributed by atoms with Gasteiger partial charge in [-0.05, 0) is 74.9 Å². The SMILES string of the molecule is CC[C@@H](C)NC(=O)[C@@H](CC)N(Cc1ccccc1C)C(=O)COc1ccc(C)c(C)c1. The van der Waals surface area contributed by atoms with E-state index in [1.54, 1.807) is 4.90 Å². The Kier molecular flexibility index (Phi) is 9.10. The third-order valence-corrected chi connectivity index (χ3v) is 5.83. The van der Waals surface area contributed by atoms with Crippen LogP contribution in [0.2, 0.25) is 0 Å². The number of nitrogens with one attached hydrogen (secondary N) is 1. The molecule has 2 atom stereocenters. The first-order valence-corrected chi connectivity index (χ1v) is 11.1. The Balaban J connectivity index is 2.24. The van der Waals surface area contributed by atoms with E-state index in [0.717, 1.165) is 23.1 Å². The van der Waals surface area contributed by atoms with Crippen LogP contribution >= 0.6 is 0 Å². The lowest BCUT2D eigenvalue weighted by Crippen LogP contribution is -2.51. The number of carbonyl (C=O) groups excluding carboxylic acids is 2. The first-order chi connectivity index (χ1) is 14.8. The van der Waals surface area contributed by atoms with Crippen LogP contribution in [-0.2, 0) is 16.1 Å². The van der Waals surface area contributed by atoms with Crippen molar-refractivity contribution in [3.63, 3.8) is 0 Å². The van der Waals surface area contributed by atoms with Gasteiger partial charge in [-0.25, -0.2) is 0 Å². The van der Waals surface area contributed by atoms with Crippen molar-refractivity contribution in [3.8, 4) is 5.75 Å². The molecule has 0 aliphatic heterocycles. The largest absolute Gasteiger partial charge is 0.484 e. The molecule has 2 aromatic rings. The summed E-state index contributed by atoms with van der Waals surface area (Å²) in [6.07, 6.45) is 1.37. The van der Waals surface area contributed by atoms with Crippen LogP contribution in [0, 0.1) is 20.8 Å². The van der Waals surface area contributed by atoms with Gasteiger partial charge in [0.05, 0.1) is 0 Å². The van der Waals surface area contributed by atoms with Gasteiger partial charge in [-0.2, -0.15) is 0 Å². The highest BCUT2D eigenvalue weighted by Crippen LogP contribution is 2.19. The van der Waals surface area contributed by atoms with Crippen LogP contribution < -0.4 is 10.1 Å². The summed E-state index contributed by atoms with van der Waals surface area (Å²) in [6.45, 7) is 12.3. The zero-order valence-corrected chi connectivity index (χ0v) is 19.7. The van der Waals surface area contributed by atoms with Crippen molar-refractivity contribution in [1.82, 2.24) is 10.2 Å². The highest BCUT2D eigenvalue weighted by atomic mass is 16.5. The van der Waals surface area contributed by atoms with E-state index in [2.05, 4.69) is 5.32 Å². The lowest BCUT2D eigenvalue weighted by atomic mass is 10.1. The van der Waals surface area contributed by atoms with Gasteiger partial charge in [-0.1, -0.05) is 44.2 Å². The number of hydrogen-bond acceptors (Lipinski definition) is 3. The molecule has 31 heavy (non-hydrogen) atoms. The van der Waals surface area contributed by atoms with Crippen LogP contribution in [0.1, 0.15) is 55.9 Å². The van der Waals surface area contributed by atoms with Crippen LogP contribution in [0.25, 0.3) is 0 Å². The predicted molar refractivity (Wildman–Crippen MR) is 125 cm³/mol. The molecule has 1 N–H and O–H groups in total. The van der Waals surface area contributed by atoms with Crippen LogP contribution in [0.5, 0.6) is 5.75 Å². The third kappa shape index (κ3) is 6.84. The molecule has 2 rings (SSSR count). The molecule has 2 amide bonds. The summed E-state index contributed by atoms with van der Waals surface area (Å²) < 4.78 is 5.81. The molecule has 0 aromatic heterocycles. The molecule has 168 valence electrons. The van der Waals surface area contributed by atoms with Crippen molar-refractivity contribution < 1.29 is 14.3 Å². The lowest BCUT2D eigenvalue weighted by Gasteiger charge is -2.31. The third-order valence-electron chi connectivity index (χ3n) is 5.83. The van der Waals surface area contributed by atoms with Crippen molar-refractivity contribution in [3.05, 3.63) is 64.7 Å². The van der Waals surface area contributed by atoms with Crippen LogP contribution in [0.3, 0.4) is 0 Å². The fourth-order valence-electron chi connectivity index (χ4n) is 3.36. The van der Waals surface area contributed by atoms with Gasteiger partial charge in [0.15, 0.2) is 6.61 Å². The molecular weight excluding hydrogens is 388 g/mol. The van der Waals surface area contributed by atoms with Crippen LogP contribution in [-0.4, -0.2) is 35.4 Å². The predicted octanol–water partition coefficient (Wildman–Crippen LogP) is 4.71. The summed E-state index contributed by atoms with van der Waals surface area (Å²) >= 11 is 0. The monoisotopic (exact) mass is 424 g/mol. The van der Waals surface area contributed by atoms with Gasteiger partial charge in [0, 0.05) is 12.6 Å². The number of hydrogen-bond donors (Lipinski definition) is 1.